The Morgan fingerprint density at radius 1 is 1.18 bits per heavy atom. The number of rotatable bonds is 6. The molecule has 0 aliphatic carbocycles. The molecule has 34 heavy (non-hydrogen) atoms. The Balaban J connectivity index is 0.00000274. The molecular weight excluding hydrogens is 459 g/mol. The number of pyridine rings is 1. The predicted octanol–water partition coefficient (Wildman–Crippen LogP) is 3.47. The van der Waals surface area contributed by atoms with Crippen LogP contribution in [0.3, 0.4) is 0 Å². The quantitative estimate of drug-likeness (QED) is 0.577. The average molecular weight is 487 g/mol. The number of benzene rings is 1. The van der Waals surface area contributed by atoms with E-state index in [9.17, 15) is 19.1 Å². The third-order valence-corrected chi connectivity index (χ3v) is 6.86. The molecule has 2 aromatic heterocycles. The van der Waals surface area contributed by atoms with E-state index in [2.05, 4.69) is 15.6 Å². The number of fused-ring (bicyclic) bond motifs is 3. The highest BCUT2D eigenvalue weighted by molar-refractivity contribution is 5.85. The molecule has 0 bridgehead atoms. The van der Waals surface area contributed by atoms with Crippen LogP contribution in [0.25, 0.3) is 11.0 Å². The number of carbonyl (C=O) groups excluding carboxylic acids is 1. The summed E-state index contributed by atoms with van der Waals surface area (Å²) in [7, 11) is 0. The van der Waals surface area contributed by atoms with Crippen LogP contribution in [-0.2, 0) is 29.1 Å². The Hall–Kier alpha value is -2.97. The maximum absolute atomic E-state index is 13.8. The molecule has 1 saturated heterocycles. The molecule has 1 aromatic carbocycles. The van der Waals surface area contributed by atoms with Crippen molar-refractivity contribution in [1.29, 1.82) is 0 Å². The Bertz CT molecular complexity index is 1210. The van der Waals surface area contributed by atoms with E-state index in [1.807, 2.05) is 21.9 Å². The lowest BCUT2D eigenvalue weighted by Crippen LogP contribution is -2.41. The van der Waals surface area contributed by atoms with Crippen LogP contribution < -0.4 is 0 Å². The first kappa shape index (κ1) is 24.2. The summed E-state index contributed by atoms with van der Waals surface area (Å²) >= 11 is 0. The van der Waals surface area contributed by atoms with Crippen molar-refractivity contribution in [1.82, 2.24) is 19.4 Å². The van der Waals surface area contributed by atoms with E-state index >= 15 is 0 Å². The number of likely N-dealkylation sites (tertiary alicyclic amines) is 1. The van der Waals surface area contributed by atoms with E-state index in [0.29, 0.717) is 39.0 Å². The second-order valence-electron chi connectivity index (χ2n) is 8.86. The molecule has 0 saturated carbocycles. The fraction of sp³-hybridized carbons (Fsp3) is 0.400. The summed E-state index contributed by atoms with van der Waals surface area (Å²) in [5.74, 6) is -1.05. The monoisotopic (exact) mass is 486 g/mol. The lowest BCUT2D eigenvalue weighted by atomic mass is 10.0. The van der Waals surface area contributed by atoms with Gasteiger partial charge in [0.2, 0.25) is 5.91 Å². The average Bonchev–Trinajstić information content (AvgIpc) is 3.41. The van der Waals surface area contributed by atoms with Crippen molar-refractivity contribution in [2.75, 3.05) is 19.6 Å². The van der Waals surface area contributed by atoms with Crippen molar-refractivity contribution in [2.45, 2.75) is 44.8 Å². The third-order valence-electron chi connectivity index (χ3n) is 6.86. The number of aliphatic carboxylic acids is 1. The SMILES string of the molecule is Cl.O=C(O)[C@@H]1CCCN1CCC(=O)N1CCc2c(n(Cc3cccc(F)c3)c3ncccc23)C1. The first-order valence-electron chi connectivity index (χ1n) is 11.5. The van der Waals surface area contributed by atoms with Gasteiger partial charge >= 0.3 is 5.97 Å². The molecule has 7 nitrogen and oxygen atoms in total. The molecule has 4 heterocycles. The highest BCUT2D eigenvalue weighted by atomic mass is 35.5. The van der Waals surface area contributed by atoms with Gasteiger partial charge in [-0.2, -0.15) is 0 Å². The Kier molecular flexibility index (Phi) is 7.19. The van der Waals surface area contributed by atoms with Gasteiger partial charge in [-0.3, -0.25) is 14.5 Å². The van der Waals surface area contributed by atoms with Crippen molar-refractivity contribution >= 4 is 35.3 Å². The highest BCUT2D eigenvalue weighted by Gasteiger charge is 2.32. The molecular formula is C25H28ClFN4O3. The minimum absolute atomic E-state index is 0. The van der Waals surface area contributed by atoms with Crippen LogP contribution in [0.5, 0.6) is 0 Å². The molecule has 2 aliphatic heterocycles. The fourth-order valence-corrected chi connectivity index (χ4v) is 5.23. The van der Waals surface area contributed by atoms with Crippen LogP contribution in [0, 0.1) is 5.82 Å². The largest absolute Gasteiger partial charge is 0.480 e. The van der Waals surface area contributed by atoms with Gasteiger partial charge in [0, 0.05) is 43.3 Å². The molecule has 180 valence electrons. The van der Waals surface area contributed by atoms with E-state index in [1.165, 1.54) is 17.7 Å². The minimum Gasteiger partial charge on any atom is -0.480 e. The van der Waals surface area contributed by atoms with E-state index < -0.39 is 12.0 Å². The van der Waals surface area contributed by atoms with Crippen LogP contribution in [-0.4, -0.2) is 62.0 Å². The lowest BCUT2D eigenvalue weighted by molar-refractivity contribution is -0.143. The summed E-state index contributed by atoms with van der Waals surface area (Å²) in [5.41, 5.74) is 3.93. The molecule has 0 spiro atoms. The first-order valence-corrected chi connectivity index (χ1v) is 11.5. The molecule has 5 rings (SSSR count). The minimum atomic E-state index is -0.808. The summed E-state index contributed by atoms with van der Waals surface area (Å²) < 4.78 is 15.9. The highest BCUT2D eigenvalue weighted by Crippen LogP contribution is 2.31. The molecule has 1 atom stereocenters. The number of hydrogen-bond donors (Lipinski definition) is 1. The second kappa shape index (κ2) is 10.1. The second-order valence-corrected chi connectivity index (χ2v) is 8.86. The number of carboxylic acids is 1. The topological polar surface area (TPSA) is 78.7 Å². The van der Waals surface area contributed by atoms with Gasteiger partial charge in [-0.15, -0.1) is 12.4 Å². The summed E-state index contributed by atoms with van der Waals surface area (Å²) in [4.78, 5) is 32.8. The fourth-order valence-electron chi connectivity index (χ4n) is 5.23. The van der Waals surface area contributed by atoms with Crippen molar-refractivity contribution < 1.29 is 19.1 Å². The number of aromatic nitrogens is 2. The zero-order chi connectivity index (χ0) is 22.9. The van der Waals surface area contributed by atoms with Crippen LogP contribution in [0.15, 0.2) is 42.6 Å². The van der Waals surface area contributed by atoms with Gasteiger partial charge in [-0.25, -0.2) is 9.37 Å². The van der Waals surface area contributed by atoms with Gasteiger partial charge in [0.1, 0.15) is 17.5 Å². The molecule has 0 radical (unpaired) electrons. The van der Waals surface area contributed by atoms with E-state index in [0.717, 1.165) is 41.7 Å². The van der Waals surface area contributed by atoms with E-state index in [4.69, 9.17) is 0 Å². The standard InChI is InChI=1S/C25H27FN4O3.ClH/c26-18-5-1-4-17(14-18)15-30-22-16-29(12-8-19(22)20-6-2-10-27-24(20)30)23(31)9-13-28-11-3-7-21(28)25(32)33;/h1-2,4-6,10,14,21H,3,7-9,11-13,15-16H2,(H,32,33);1H/t21-;/m0./s1. The summed E-state index contributed by atoms with van der Waals surface area (Å²) in [6, 6.07) is 10.1. The number of carbonyl (C=O) groups is 2. The first-order chi connectivity index (χ1) is 16.0. The van der Waals surface area contributed by atoms with Gasteiger partial charge in [-0.1, -0.05) is 12.1 Å². The maximum atomic E-state index is 13.8. The molecule has 1 N–H and O–H groups in total. The van der Waals surface area contributed by atoms with Crippen LogP contribution >= 0.6 is 12.4 Å². The van der Waals surface area contributed by atoms with Gasteiger partial charge in [0.15, 0.2) is 0 Å². The summed E-state index contributed by atoms with van der Waals surface area (Å²) in [6.45, 7) is 2.77. The molecule has 9 heteroatoms. The summed E-state index contributed by atoms with van der Waals surface area (Å²) in [5, 5.41) is 10.5. The number of halogens is 2. The lowest BCUT2D eigenvalue weighted by Gasteiger charge is -2.30. The maximum Gasteiger partial charge on any atom is 0.320 e. The van der Waals surface area contributed by atoms with Gasteiger partial charge in [-0.05, 0) is 61.2 Å². The van der Waals surface area contributed by atoms with Gasteiger partial charge < -0.3 is 14.6 Å². The normalized spacial score (nSPS) is 18.0. The molecule has 0 unspecified atom stereocenters. The molecule has 1 amide bonds. The van der Waals surface area contributed by atoms with Gasteiger partial charge in [0.25, 0.3) is 0 Å². The van der Waals surface area contributed by atoms with Crippen LogP contribution in [0.2, 0.25) is 0 Å². The van der Waals surface area contributed by atoms with Crippen molar-refractivity contribution in [3.8, 4) is 0 Å². The van der Waals surface area contributed by atoms with E-state index in [1.54, 1.807) is 12.3 Å². The Labute approximate surface area is 203 Å². The van der Waals surface area contributed by atoms with Crippen LogP contribution in [0.4, 0.5) is 4.39 Å². The van der Waals surface area contributed by atoms with Crippen molar-refractivity contribution in [3.05, 3.63) is 65.2 Å². The zero-order valence-electron chi connectivity index (χ0n) is 18.8. The number of nitrogens with zero attached hydrogens (tertiary/aromatic N) is 4. The van der Waals surface area contributed by atoms with Gasteiger partial charge in [0.05, 0.1) is 6.54 Å². The number of hydrogen-bond acceptors (Lipinski definition) is 4. The molecule has 2 aliphatic rings. The summed E-state index contributed by atoms with van der Waals surface area (Å²) in [6.07, 6.45) is 4.30. The zero-order valence-corrected chi connectivity index (χ0v) is 19.6. The number of amides is 1. The molecule has 3 aromatic rings. The predicted molar refractivity (Wildman–Crippen MR) is 128 cm³/mol. The van der Waals surface area contributed by atoms with Crippen molar-refractivity contribution in [3.63, 3.8) is 0 Å². The third kappa shape index (κ3) is 4.65. The van der Waals surface area contributed by atoms with Crippen molar-refractivity contribution in [2.24, 2.45) is 0 Å². The Morgan fingerprint density at radius 2 is 2.03 bits per heavy atom. The van der Waals surface area contributed by atoms with E-state index in [-0.39, 0.29) is 24.1 Å². The van der Waals surface area contributed by atoms with Crippen LogP contribution in [0.1, 0.15) is 36.1 Å². The smallest absolute Gasteiger partial charge is 0.320 e. The number of carboxylic acid groups (broad SMARTS) is 1. The Morgan fingerprint density at radius 3 is 2.82 bits per heavy atom. The molecule has 1 fully saturated rings.